The quantitative estimate of drug-likeness (QED) is 0.402. The Balaban J connectivity index is 1.45. The van der Waals surface area contributed by atoms with Crippen molar-refractivity contribution in [3.05, 3.63) is 46.4 Å². The van der Waals surface area contributed by atoms with Gasteiger partial charge in [-0.1, -0.05) is 28.4 Å². The number of carbonyl (C=O) groups is 1. The van der Waals surface area contributed by atoms with Crippen LogP contribution in [0.3, 0.4) is 0 Å². The molecular formula is C24H24Cl2N2O5. The van der Waals surface area contributed by atoms with E-state index in [0.717, 1.165) is 0 Å². The Hall–Kier alpha value is -2.77. The molecule has 1 saturated carbocycles. The summed E-state index contributed by atoms with van der Waals surface area (Å²) in [4.78, 5) is 15.6. The fourth-order valence-electron chi connectivity index (χ4n) is 3.80. The smallest absolute Gasteiger partial charge is 0.306 e. The highest BCUT2D eigenvalue weighted by atomic mass is 35.5. The first kappa shape index (κ1) is 23.4. The van der Waals surface area contributed by atoms with Crippen LogP contribution in [0.2, 0.25) is 10.0 Å². The van der Waals surface area contributed by atoms with Gasteiger partial charge in [-0.05, 0) is 75.9 Å². The van der Waals surface area contributed by atoms with Gasteiger partial charge >= 0.3 is 5.97 Å². The van der Waals surface area contributed by atoms with Crippen LogP contribution >= 0.6 is 23.2 Å². The Labute approximate surface area is 201 Å². The van der Waals surface area contributed by atoms with Crippen molar-refractivity contribution in [1.29, 1.82) is 0 Å². The zero-order valence-electron chi connectivity index (χ0n) is 18.3. The highest BCUT2D eigenvalue weighted by Crippen LogP contribution is 2.35. The van der Waals surface area contributed by atoms with E-state index in [4.69, 9.17) is 42.3 Å². The van der Waals surface area contributed by atoms with Gasteiger partial charge in [0.25, 0.3) is 5.89 Å². The molecule has 0 radical (unpaired) electrons. The molecule has 0 aliphatic heterocycles. The van der Waals surface area contributed by atoms with Gasteiger partial charge in [0.15, 0.2) is 0 Å². The van der Waals surface area contributed by atoms with Crippen molar-refractivity contribution in [2.45, 2.75) is 51.7 Å². The molecule has 9 heteroatoms. The topological polar surface area (TPSA) is 94.7 Å². The molecule has 7 nitrogen and oxygen atoms in total. The molecule has 2 aromatic carbocycles. The molecule has 0 amide bonds. The van der Waals surface area contributed by atoms with Crippen molar-refractivity contribution in [3.63, 3.8) is 0 Å². The third kappa shape index (κ3) is 5.60. The number of halogens is 2. The first-order valence-electron chi connectivity index (χ1n) is 10.8. The van der Waals surface area contributed by atoms with Crippen LogP contribution in [0.4, 0.5) is 0 Å². The summed E-state index contributed by atoms with van der Waals surface area (Å²) in [5.74, 6) is 0.861. The van der Waals surface area contributed by atoms with Gasteiger partial charge in [0.05, 0.1) is 28.2 Å². The third-order valence-corrected chi connectivity index (χ3v) is 6.08. The molecule has 1 aromatic heterocycles. The van der Waals surface area contributed by atoms with E-state index in [0.29, 0.717) is 70.1 Å². The van der Waals surface area contributed by atoms with E-state index in [-0.39, 0.29) is 18.1 Å². The second-order valence-electron chi connectivity index (χ2n) is 8.31. The number of nitrogens with zero attached hydrogens (tertiary/aromatic N) is 2. The maximum Gasteiger partial charge on any atom is 0.306 e. The molecule has 1 aliphatic rings. The maximum atomic E-state index is 11.1. The number of hydrogen-bond donors (Lipinski definition) is 1. The van der Waals surface area contributed by atoms with Gasteiger partial charge in [-0.3, -0.25) is 4.79 Å². The van der Waals surface area contributed by atoms with Crippen LogP contribution in [0.25, 0.3) is 22.8 Å². The van der Waals surface area contributed by atoms with E-state index in [1.807, 2.05) is 13.8 Å². The minimum absolute atomic E-state index is 0.0113. The van der Waals surface area contributed by atoms with Gasteiger partial charge in [-0.2, -0.15) is 4.98 Å². The molecule has 0 atom stereocenters. The summed E-state index contributed by atoms with van der Waals surface area (Å²) in [6.45, 7) is 3.86. The Morgan fingerprint density at radius 3 is 2.48 bits per heavy atom. The number of aliphatic carboxylic acids is 1. The summed E-state index contributed by atoms with van der Waals surface area (Å²) in [6, 6.07) is 10.6. The minimum Gasteiger partial charge on any atom is -0.490 e. The molecular weight excluding hydrogens is 467 g/mol. The molecule has 1 heterocycles. The zero-order chi connectivity index (χ0) is 23.5. The summed E-state index contributed by atoms with van der Waals surface area (Å²) >= 11 is 12.8. The highest BCUT2D eigenvalue weighted by molar-refractivity contribution is 6.33. The predicted molar refractivity (Wildman–Crippen MR) is 125 cm³/mol. The number of rotatable bonds is 7. The lowest BCUT2D eigenvalue weighted by atomic mass is 9.87. The van der Waals surface area contributed by atoms with Crippen LogP contribution in [-0.4, -0.2) is 33.4 Å². The van der Waals surface area contributed by atoms with Gasteiger partial charge in [0.1, 0.15) is 11.5 Å². The van der Waals surface area contributed by atoms with Gasteiger partial charge in [-0.15, -0.1) is 0 Å². The Kier molecular flexibility index (Phi) is 7.10. The third-order valence-electron chi connectivity index (χ3n) is 5.48. The summed E-state index contributed by atoms with van der Waals surface area (Å²) in [5.41, 5.74) is 1.28. The normalized spacial score (nSPS) is 18.3. The summed E-state index contributed by atoms with van der Waals surface area (Å²) in [6.07, 6.45) is 2.63. The Morgan fingerprint density at radius 2 is 1.85 bits per heavy atom. The SMILES string of the molecule is CC(C)Oc1ccc(-c2nc(-c3ccc(O[C@H]4CC[C@H](C(=O)O)CC4)cc3Cl)no2)cc1Cl. The van der Waals surface area contributed by atoms with Crippen molar-refractivity contribution < 1.29 is 23.9 Å². The average Bonchev–Trinajstić information content (AvgIpc) is 3.25. The van der Waals surface area contributed by atoms with E-state index < -0.39 is 5.97 Å². The van der Waals surface area contributed by atoms with Crippen LogP contribution in [0.15, 0.2) is 40.9 Å². The molecule has 3 aromatic rings. The van der Waals surface area contributed by atoms with E-state index in [1.165, 1.54) is 0 Å². The van der Waals surface area contributed by atoms with Crippen LogP contribution in [0, 0.1) is 5.92 Å². The molecule has 4 rings (SSSR count). The standard InChI is InChI=1S/C24H24Cl2N2O5/c1-13(2)31-21-10-5-15(11-20(21)26)23-27-22(28-33-23)18-9-8-17(12-19(18)25)32-16-6-3-14(4-7-16)24(29)30/h5,8-14,16H,3-4,6-7H2,1-2H3,(H,29,30)/t14-,16-. The number of carboxylic acids is 1. The first-order valence-corrected chi connectivity index (χ1v) is 11.6. The van der Waals surface area contributed by atoms with Crippen LogP contribution in [-0.2, 0) is 4.79 Å². The minimum atomic E-state index is -0.734. The lowest BCUT2D eigenvalue weighted by Crippen LogP contribution is -2.27. The van der Waals surface area contributed by atoms with Crippen LogP contribution in [0.5, 0.6) is 11.5 Å². The first-order chi connectivity index (χ1) is 15.8. The van der Waals surface area contributed by atoms with E-state index >= 15 is 0 Å². The number of ether oxygens (including phenoxy) is 2. The van der Waals surface area contributed by atoms with Gasteiger partial charge < -0.3 is 19.1 Å². The summed E-state index contributed by atoms with van der Waals surface area (Å²) in [5, 5.41) is 14.1. The van der Waals surface area contributed by atoms with E-state index in [2.05, 4.69) is 10.1 Å². The summed E-state index contributed by atoms with van der Waals surface area (Å²) in [7, 11) is 0. The van der Waals surface area contributed by atoms with E-state index in [9.17, 15) is 4.79 Å². The number of carboxylic acid groups (broad SMARTS) is 1. The second kappa shape index (κ2) is 10.0. The fraction of sp³-hybridized carbons (Fsp3) is 0.375. The van der Waals surface area contributed by atoms with Crippen molar-refractivity contribution >= 4 is 29.2 Å². The van der Waals surface area contributed by atoms with Gasteiger partial charge in [-0.25, -0.2) is 0 Å². The molecule has 1 aliphatic carbocycles. The lowest BCUT2D eigenvalue weighted by Gasteiger charge is -2.26. The molecule has 1 fully saturated rings. The van der Waals surface area contributed by atoms with Gasteiger partial charge in [0.2, 0.25) is 5.82 Å². The Bertz CT molecular complexity index is 1140. The molecule has 0 spiro atoms. The van der Waals surface area contributed by atoms with Crippen molar-refractivity contribution in [3.8, 4) is 34.3 Å². The number of benzene rings is 2. The molecule has 33 heavy (non-hydrogen) atoms. The van der Waals surface area contributed by atoms with Crippen LogP contribution in [0.1, 0.15) is 39.5 Å². The monoisotopic (exact) mass is 490 g/mol. The van der Waals surface area contributed by atoms with E-state index in [1.54, 1.807) is 36.4 Å². The van der Waals surface area contributed by atoms with Crippen LogP contribution < -0.4 is 9.47 Å². The summed E-state index contributed by atoms with van der Waals surface area (Å²) < 4.78 is 17.1. The highest BCUT2D eigenvalue weighted by Gasteiger charge is 2.27. The van der Waals surface area contributed by atoms with Gasteiger partial charge in [0, 0.05) is 11.1 Å². The largest absolute Gasteiger partial charge is 0.490 e. The lowest BCUT2D eigenvalue weighted by molar-refractivity contribution is -0.143. The van der Waals surface area contributed by atoms with Crippen molar-refractivity contribution in [2.24, 2.45) is 5.92 Å². The maximum absolute atomic E-state index is 11.1. The molecule has 1 N–H and O–H groups in total. The molecule has 174 valence electrons. The Morgan fingerprint density at radius 1 is 1.09 bits per heavy atom. The molecule has 0 bridgehead atoms. The fourth-order valence-corrected chi connectivity index (χ4v) is 4.28. The molecule has 0 saturated heterocycles. The zero-order valence-corrected chi connectivity index (χ0v) is 19.8. The van der Waals surface area contributed by atoms with Crippen molar-refractivity contribution in [1.82, 2.24) is 10.1 Å². The van der Waals surface area contributed by atoms with Crippen molar-refractivity contribution in [2.75, 3.05) is 0 Å². The number of hydrogen-bond acceptors (Lipinski definition) is 6. The second-order valence-corrected chi connectivity index (χ2v) is 9.12. The number of aromatic nitrogens is 2. The predicted octanol–water partition coefficient (Wildman–Crippen LogP) is 6.52. The average molecular weight is 491 g/mol. The molecule has 0 unspecified atom stereocenters.